The van der Waals surface area contributed by atoms with Crippen molar-refractivity contribution in [1.29, 1.82) is 0 Å². The number of amides is 2. The van der Waals surface area contributed by atoms with Gasteiger partial charge in [0.25, 0.3) is 5.91 Å². The van der Waals surface area contributed by atoms with Crippen LogP contribution in [0.4, 0.5) is 10.8 Å². The van der Waals surface area contributed by atoms with Crippen molar-refractivity contribution in [2.45, 2.75) is 32.5 Å². The minimum Gasteiger partial charge on any atom is -0.378 e. The van der Waals surface area contributed by atoms with E-state index in [0.717, 1.165) is 30.3 Å². The predicted octanol–water partition coefficient (Wildman–Crippen LogP) is 1.76. The SMILES string of the molecule is C[Si](C)(C)c1cccc2c1CCN2C(=O)Cc1nc(N2CCOCC2)sc1C(N)=O. The maximum atomic E-state index is 13.2. The predicted molar refractivity (Wildman–Crippen MR) is 123 cm³/mol. The summed E-state index contributed by atoms with van der Waals surface area (Å²) in [5, 5.41) is 2.15. The normalized spacial score (nSPS) is 16.6. The molecule has 1 saturated heterocycles. The van der Waals surface area contributed by atoms with Gasteiger partial charge in [0.05, 0.1) is 33.4 Å². The van der Waals surface area contributed by atoms with Gasteiger partial charge in [0.15, 0.2) is 5.13 Å². The maximum Gasteiger partial charge on any atom is 0.260 e. The number of nitrogens with zero attached hydrogens (tertiary/aromatic N) is 3. The Hall–Kier alpha value is -2.23. The van der Waals surface area contributed by atoms with E-state index in [0.29, 0.717) is 30.3 Å². The van der Waals surface area contributed by atoms with Crippen LogP contribution in [0.5, 0.6) is 0 Å². The molecule has 0 radical (unpaired) electrons. The first-order valence-electron chi connectivity index (χ1n) is 10.3. The first-order chi connectivity index (χ1) is 14.3. The zero-order valence-corrected chi connectivity index (χ0v) is 19.6. The number of benzene rings is 1. The molecule has 0 unspecified atom stereocenters. The first kappa shape index (κ1) is 21.0. The fourth-order valence-corrected chi connectivity index (χ4v) is 6.92. The fraction of sp³-hybridized carbons (Fsp3) is 0.476. The zero-order valence-electron chi connectivity index (χ0n) is 17.7. The highest BCUT2D eigenvalue weighted by molar-refractivity contribution is 7.17. The monoisotopic (exact) mass is 444 g/mol. The third kappa shape index (κ3) is 4.01. The highest BCUT2D eigenvalue weighted by Gasteiger charge is 2.31. The molecule has 4 rings (SSSR count). The van der Waals surface area contributed by atoms with Gasteiger partial charge in [-0.25, -0.2) is 4.98 Å². The topological polar surface area (TPSA) is 88.8 Å². The van der Waals surface area contributed by atoms with Gasteiger partial charge in [-0.15, -0.1) is 0 Å². The van der Waals surface area contributed by atoms with Gasteiger partial charge in [0.1, 0.15) is 4.88 Å². The van der Waals surface area contributed by atoms with Crippen molar-refractivity contribution in [3.05, 3.63) is 34.3 Å². The van der Waals surface area contributed by atoms with Crippen molar-refractivity contribution in [1.82, 2.24) is 4.98 Å². The molecule has 2 aliphatic heterocycles. The summed E-state index contributed by atoms with van der Waals surface area (Å²) in [5.74, 6) is -0.569. The number of ether oxygens (including phenoxy) is 1. The van der Waals surface area contributed by atoms with Crippen molar-refractivity contribution >= 4 is 47.2 Å². The number of thiazole rings is 1. The number of anilines is 2. The molecule has 0 aliphatic carbocycles. The van der Waals surface area contributed by atoms with E-state index in [-0.39, 0.29) is 12.3 Å². The van der Waals surface area contributed by atoms with Crippen molar-refractivity contribution in [3.8, 4) is 0 Å². The largest absolute Gasteiger partial charge is 0.378 e. The second-order valence-electron chi connectivity index (χ2n) is 8.76. The Balaban J connectivity index is 1.58. The molecule has 2 aromatic rings. The second kappa shape index (κ2) is 8.13. The van der Waals surface area contributed by atoms with Crippen molar-refractivity contribution in [3.63, 3.8) is 0 Å². The third-order valence-corrected chi connectivity index (χ3v) is 8.90. The van der Waals surface area contributed by atoms with E-state index >= 15 is 0 Å². The molecule has 2 aliphatic rings. The Kier molecular flexibility index (Phi) is 5.69. The van der Waals surface area contributed by atoms with Gasteiger partial charge in [0, 0.05) is 25.3 Å². The van der Waals surface area contributed by atoms with Crippen LogP contribution in [0.3, 0.4) is 0 Å². The lowest BCUT2D eigenvalue weighted by atomic mass is 10.1. The number of fused-ring (bicyclic) bond motifs is 1. The minimum atomic E-state index is -1.49. The lowest BCUT2D eigenvalue weighted by Crippen LogP contribution is -2.39. The summed E-state index contributed by atoms with van der Waals surface area (Å²) in [5.41, 5.74) is 8.38. The molecule has 7 nitrogen and oxygen atoms in total. The molecule has 160 valence electrons. The Morgan fingerprint density at radius 3 is 2.60 bits per heavy atom. The van der Waals surface area contributed by atoms with E-state index in [4.69, 9.17) is 10.5 Å². The smallest absolute Gasteiger partial charge is 0.260 e. The molecule has 0 atom stereocenters. The van der Waals surface area contributed by atoms with Crippen LogP contribution in [0, 0.1) is 0 Å². The highest BCUT2D eigenvalue weighted by Crippen LogP contribution is 2.31. The number of hydrogen-bond donors (Lipinski definition) is 1. The van der Waals surface area contributed by atoms with Crippen LogP contribution in [0.2, 0.25) is 19.6 Å². The number of morpholine rings is 1. The molecule has 3 heterocycles. The molecule has 0 spiro atoms. The molecular weight excluding hydrogens is 416 g/mol. The average Bonchev–Trinajstić information content (AvgIpc) is 3.32. The molecular formula is C21H28N4O3SSi. The van der Waals surface area contributed by atoms with Crippen LogP contribution >= 0.6 is 11.3 Å². The number of rotatable bonds is 5. The minimum absolute atomic E-state index is 0.0391. The Bertz CT molecular complexity index is 979. The van der Waals surface area contributed by atoms with Crippen LogP contribution in [0.1, 0.15) is 20.9 Å². The number of nitrogens with two attached hydrogens (primary N) is 1. The van der Waals surface area contributed by atoms with Gasteiger partial charge in [-0.3, -0.25) is 9.59 Å². The molecule has 0 bridgehead atoms. The van der Waals surface area contributed by atoms with E-state index in [1.165, 1.54) is 22.1 Å². The van der Waals surface area contributed by atoms with Gasteiger partial charge in [-0.05, 0) is 18.1 Å². The zero-order chi connectivity index (χ0) is 21.5. The molecule has 2 N–H and O–H groups in total. The molecule has 1 aromatic carbocycles. The summed E-state index contributed by atoms with van der Waals surface area (Å²) in [7, 11) is -1.49. The van der Waals surface area contributed by atoms with E-state index in [9.17, 15) is 9.59 Å². The van der Waals surface area contributed by atoms with E-state index < -0.39 is 14.0 Å². The molecule has 30 heavy (non-hydrogen) atoms. The Morgan fingerprint density at radius 2 is 1.93 bits per heavy atom. The van der Waals surface area contributed by atoms with Gasteiger partial charge < -0.3 is 20.3 Å². The third-order valence-electron chi connectivity index (χ3n) is 5.65. The summed E-state index contributed by atoms with van der Waals surface area (Å²) in [4.78, 5) is 34.1. The number of hydrogen-bond acceptors (Lipinski definition) is 6. The molecule has 9 heteroatoms. The number of carbonyl (C=O) groups excluding carboxylic acids is 2. The molecule has 2 amide bonds. The van der Waals surface area contributed by atoms with Crippen LogP contribution in [-0.4, -0.2) is 57.7 Å². The number of aromatic nitrogens is 1. The summed E-state index contributed by atoms with van der Waals surface area (Å²) in [6, 6.07) is 6.28. The summed E-state index contributed by atoms with van der Waals surface area (Å²) in [6.07, 6.45) is 0.954. The Morgan fingerprint density at radius 1 is 1.20 bits per heavy atom. The molecule has 0 saturated carbocycles. The van der Waals surface area contributed by atoms with Crippen molar-refractivity contribution in [2.24, 2.45) is 5.73 Å². The van der Waals surface area contributed by atoms with Crippen LogP contribution in [0.25, 0.3) is 0 Å². The summed E-state index contributed by atoms with van der Waals surface area (Å²) >= 11 is 1.27. The highest BCUT2D eigenvalue weighted by atomic mass is 32.1. The number of primary amides is 1. The first-order valence-corrected chi connectivity index (χ1v) is 14.6. The van der Waals surface area contributed by atoms with Crippen molar-refractivity contribution < 1.29 is 14.3 Å². The lowest BCUT2D eigenvalue weighted by Gasteiger charge is -2.26. The van der Waals surface area contributed by atoms with Gasteiger partial charge in [-0.2, -0.15) is 0 Å². The second-order valence-corrected chi connectivity index (χ2v) is 14.8. The molecule has 1 aromatic heterocycles. The quantitative estimate of drug-likeness (QED) is 0.710. The van der Waals surface area contributed by atoms with Crippen LogP contribution < -0.4 is 20.7 Å². The summed E-state index contributed by atoms with van der Waals surface area (Å²) < 4.78 is 5.39. The van der Waals surface area contributed by atoms with Gasteiger partial charge >= 0.3 is 0 Å². The lowest BCUT2D eigenvalue weighted by molar-refractivity contribution is -0.117. The van der Waals surface area contributed by atoms with Crippen molar-refractivity contribution in [2.75, 3.05) is 42.6 Å². The van der Waals surface area contributed by atoms with Gasteiger partial charge in [-0.1, -0.05) is 48.3 Å². The van der Waals surface area contributed by atoms with E-state index in [2.05, 4.69) is 35.6 Å². The van der Waals surface area contributed by atoms with Crippen LogP contribution in [-0.2, 0) is 22.4 Å². The maximum absolute atomic E-state index is 13.2. The van der Waals surface area contributed by atoms with Crippen LogP contribution in [0.15, 0.2) is 18.2 Å². The van der Waals surface area contributed by atoms with Gasteiger partial charge in [0.2, 0.25) is 5.91 Å². The average molecular weight is 445 g/mol. The molecule has 1 fully saturated rings. The number of carbonyl (C=O) groups is 2. The fourth-order valence-electron chi connectivity index (χ4n) is 4.18. The Labute approximate surface area is 181 Å². The van der Waals surface area contributed by atoms with E-state index in [1.54, 1.807) is 0 Å². The summed E-state index contributed by atoms with van der Waals surface area (Å²) in [6.45, 7) is 10.4. The standard InChI is InChI=1S/C21H28N4O3SSi/c1-30(2,3)17-6-4-5-16-14(17)7-8-25(16)18(26)13-15-19(20(22)27)29-21(23-15)24-9-11-28-12-10-24/h4-6H,7-13H2,1-3H3,(H2,22,27). The van der Waals surface area contributed by atoms with E-state index in [1.807, 2.05) is 17.0 Å².